The maximum atomic E-state index is 11.2. The molecule has 19 heavy (non-hydrogen) atoms. The van der Waals surface area contributed by atoms with E-state index >= 15 is 0 Å². The average Bonchev–Trinajstić information content (AvgIpc) is 2.48. The number of hydrogen-bond donors (Lipinski definition) is 1. The molecule has 0 unspecified atom stereocenters. The fraction of sp³-hybridized carbons (Fsp3) is 0.562. The maximum Gasteiger partial charge on any atom is 0.219 e. The molecule has 0 aromatic heterocycles. The summed E-state index contributed by atoms with van der Waals surface area (Å²) in [6.07, 6.45) is 4.18. The molecule has 2 rings (SSSR count). The lowest BCUT2D eigenvalue weighted by molar-refractivity contribution is -0.120. The van der Waals surface area contributed by atoms with Crippen molar-refractivity contribution >= 4 is 11.6 Å². The lowest BCUT2D eigenvalue weighted by Gasteiger charge is -2.33. The summed E-state index contributed by atoms with van der Waals surface area (Å²) in [4.78, 5) is 13.6. The normalized spacial score (nSPS) is 16.4. The van der Waals surface area contributed by atoms with Crippen LogP contribution in [0.25, 0.3) is 0 Å². The van der Waals surface area contributed by atoms with Gasteiger partial charge in [-0.2, -0.15) is 0 Å². The first kappa shape index (κ1) is 13.9. The molecule has 1 heterocycles. The Balaban J connectivity index is 1.69. The van der Waals surface area contributed by atoms with Crippen LogP contribution in [0.4, 0.5) is 5.69 Å². The van der Waals surface area contributed by atoms with E-state index in [1.54, 1.807) is 0 Å². The zero-order valence-electron chi connectivity index (χ0n) is 11.8. The van der Waals surface area contributed by atoms with Gasteiger partial charge >= 0.3 is 0 Å². The number of hydrogen-bond acceptors (Lipinski definition) is 2. The predicted molar refractivity (Wildman–Crippen MR) is 79.3 cm³/mol. The molecule has 0 atom stereocenters. The van der Waals surface area contributed by atoms with Crippen molar-refractivity contribution in [3.05, 3.63) is 30.3 Å². The second kappa shape index (κ2) is 7.17. The fourth-order valence-corrected chi connectivity index (χ4v) is 2.66. The molecule has 0 radical (unpaired) electrons. The quantitative estimate of drug-likeness (QED) is 0.883. The van der Waals surface area contributed by atoms with Crippen molar-refractivity contribution in [1.29, 1.82) is 0 Å². The zero-order valence-corrected chi connectivity index (χ0v) is 11.8. The first-order chi connectivity index (χ1) is 9.29. The van der Waals surface area contributed by atoms with Crippen molar-refractivity contribution in [2.75, 3.05) is 24.5 Å². The van der Waals surface area contributed by atoms with Crippen LogP contribution in [0, 0.1) is 5.92 Å². The van der Waals surface area contributed by atoms with Gasteiger partial charge in [-0.1, -0.05) is 25.1 Å². The van der Waals surface area contributed by atoms with Gasteiger partial charge in [0.2, 0.25) is 5.91 Å². The molecule has 3 nitrogen and oxygen atoms in total. The van der Waals surface area contributed by atoms with Crippen molar-refractivity contribution in [2.24, 2.45) is 5.92 Å². The number of carbonyl (C=O) groups is 1. The van der Waals surface area contributed by atoms with Crippen LogP contribution >= 0.6 is 0 Å². The van der Waals surface area contributed by atoms with Gasteiger partial charge in [0, 0.05) is 31.7 Å². The van der Waals surface area contributed by atoms with Crippen LogP contribution in [0.5, 0.6) is 0 Å². The lowest BCUT2D eigenvalue weighted by atomic mass is 9.93. The molecule has 0 bridgehead atoms. The summed E-state index contributed by atoms with van der Waals surface area (Å²) >= 11 is 0. The smallest absolute Gasteiger partial charge is 0.219 e. The molecule has 1 aromatic rings. The summed E-state index contributed by atoms with van der Waals surface area (Å²) in [5.41, 5.74) is 1.33. The molecule has 0 spiro atoms. The Morgan fingerprint density at radius 2 is 1.95 bits per heavy atom. The number of piperidine rings is 1. The van der Waals surface area contributed by atoms with Gasteiger partial charge in [0.15, 0.2) is 0 Å². The van der Waals surface area contributed by atoms with Crippen molar-refractivity contribution in [2.45, 2.75) is 32.6 Å². The van der Waals surface area contributed by atoms with Gasteiger partial charge in [-0.3, -0.25) is 4.79 Å². The van der Waals surface area contributed by atoms with Crippen molar-refractivity contribution in [1.82, 2.24) is 5.32 Å². The molecule has 1 aromatic carbocycles. The van der Waals surface area contributed by atoms with Crippen LogP contribution in [0.3, 0.4) is 0 Å². The number of benzene rings is 1. The average molecular weight is 260 g/mol. The van der Waals surface area contributed by atoms with Crippen molar-refractivity contribution in [3.8, 4) is 0 Å². The van der Waals surface area contributed by atoms with Gasteiger partial charge in [0.25, 0.3) is 0 Å². The molecule has 104 valence electrons. The van der Waals surface area contributed by atoms with E-state index < -0.39 is 0 Å². The highest BCUT2D eigenvalue weighted by Gasteiger charge is 2.18. The number of amides is 1. The molecule has 3 heteroatoms. The van der Waals surface area contributed by atoms with Crippen LogP contribution < -0.4 is 10.2 Å². The number of anilines is 1. The van der Waals surface area contributed by atoms with E-state index in [0.29, 0.717) is 6.42 Å². The highest BCUT2D eigenvalue weighted by Crippen LogP contribution is 2.24. The summed E-state index contributed by atoms with van der Waals surface area (Å²) in [7, 11) is 0. The van der Waals surface area contributed by atoms with Crippen LogP contribution in [0.1, 0.15) is 32.6 Å². The largest absolute Gasteiger partial charge is 0.372 e. The Kier molecular flexibility index (Phi) is 5.25. The van der Waals surface area contributed by atoms with E-state index in [0.717, 1.165) is 32.0 Å². The first-order valence-electron chi connectivity index (χ1n) is 7.36. The van der Waals surface area contributed by atoms with E-state index in [1.165, 1.54) is 18.5 Å². The standard InChI is InChI=1S/C16H24N2O/c1-2-16(19)17-11-8-14-9-12-18(13-10-14)15-6-4-3-5-7-15/h3-7,14H,2,8-13H2,1H3,(H,17,19). The molecule has 1 aliphatic rings. The van der Waals surface area contributed by atoms with Gasteiger partial charge in [-0.25, -0.2) is 0 Å². The molecule has 1 saturated heterocycles. The summed E-state index contributed by atoms with van der Waals surface area (Å²) in [6.45, 7) is 5.00. The maximum absolute atomic E-state index is 11.2. The minimum atomic E-state index is 0.168. The summed E-state index contributed by atoms with van der Waals surface area (Å²) in [6, 6.07) is 10.6. The Hall–Kier alpha value is -1.51. The predicted octanol–water partition coefficient (Wildman–Crippen LogP) is 2.82. The molecular weight excluding hydrogens is 236 g/mol. The molecule has 0 aliphatic carbocycles. The van der Waals surface area contributed by atoms with E-state index in [1.807, 2.05) is 6.92 Å². The van der Waals surface area contributed by atoms with E-state index in [-0.39, 0.29) is 5.91 Å². The number of nitrogens with zero attached hydrogens (tertiary/aromatic N) is 1. The van der Waals surface area contributed by atoms with E-state index in [9.17, 15) is 4.79 Å². The van der Waals surface area contributed by atoms with Gasteiger partial charge in [-0.05, 0) is 37.3 Å². The third-order valence-corrected chi connectivity index (χ3v) is 3.93. The summed E-state index contributed by atoms with van der Waals surface area (Å²) < 4.78 is 0. The Labute approximate surface area is 116 Å². The van der Waals surface area contributed by atoms with Gasteiger partial charge in [-0.15, -0.1) is 0 Å². The Morgan fingerprint density at radius 1 is 1.26 bits per heavy atom. The first-order valence-corrected chi connectivity index (χ1v) is 7.36. The molecule has 1 amide bonds. The second-order valence-corrected chi connectivity index (χ2v) is 5.26. The SMILES string of the molecule is CCC(=O)NCCC1CCN(c2ccccc2)CC1. The van der Waals surface area contributed by atoms with Crippen LogP contribution in [0.15, 0.2) is 30.3 Å². The minimum absolute atomic E-state index is 0.168. The van der Waals surface area contributed by atoms with Crippen molar-refractivity contribution < 1.29 is 4.79 Å². The molecular formula is C16H24N2O. The number of nitrogens with one attached hydrogen (secondary N) is 1. The molecule has 0 saturated carbocycles. The fourth-order valence-electron chi connectivity index (χ4n) is 2.66. The monoisotopic (exact) mass is 260 g/mol. The Morgan fingerprint density at radius 3 is 2.58 bits per heavy atom. The number of carbonyl (C=O) groups excluding carboxylic acids is 1. The highest BCUT2D eigenvalue weighted by atomic mass is 16.1. The third-order valence-electron chi connectivity index (χ3n) is 3.93. The van der Waals surface area contributed by atoms with Crippen LogP contribution in [0.2, 0.25) is 0 Å². The zero-order chi connectivity index (χ0) is 13.5. The highest BCUT2D eigenvalue weighted by molar-refractivity contribution is 5.75. The number of rotatable bonds is 5. The van der Waals surface area contributed by atoms with E-state index in [4.69, 9.17) is 0 Å². The molecule has 1 N–H and O–H groups in total. The van der Waals surface area contributed by atoms with Crippen LogP contribution in [-0.2, 0) is 4.79 Å². The lowest BCUT2D eigenvalue weighted by Crippen LogP contribution is -2.35. The molecule has 1 fully saturated rings. The van der Waals surface area contributed by atoms with Gasteiger partial charge < -0.3 is 10.2 Å². The summed E-state index contributed by atoms with van der Waals surface area (Å²) in [5, 5.41) is 2.97. The van der Waals surface area contributed by atoms with E-state index in [2.05, 4.69) is 40.5 Å². The van der Waals surface area contributed by atoms with Gasteiger partial charge in [0.05, 0.1) is 0 Å². The van der Waals surface area contributed by atoms with Crippen LogP contribution in [-0.4, -0.2) is 25.5 Å². The summed E-state index contributed by atoms with van der Waals surface area (Å²) in [5.74, 6) is 0.929. The Bertz CT molecular complexity index is 383. The second-order valence-electron chi connectivity index (χ2n) is 5.26. The molecule has 1 aliphatic heterocycles. The number of para-hydroxylation sites is 1. The third kappa shape index (κ3) is 4.27. The van der Waals surface area contributed by atoms with Gasteiger partial charge in [0.1, 0.15) is 0 Å². The minimum Gasteiger partial charge on any atom is -0.372 e. The van der Waals surface area contributed by atoms with Crippen molar-refractivity contribution in [3.63, 3.8) is 0 Å². The topological polar surface area (TPSA) is 32.3 Å².